The number of morpholine rings is 1. The average Bonchev–Trinajstić information content (AvgIpc) is 2.54. The molecule has 1 aromatic rings. The van der Waals surface area contributed by atoms with Gasteiger partial charge in [-0.3, -0.25) is 0 Å². The number of nitrogens with zero attached hydrogens (tertiary/aromatic N) is 1. The van der Waals surface area contributed by atoms with Crippen molar-refractivity contribution in [1.82, 2.24) is 5.32 Å². The fourth-order valence-electron chi connectivity index (χ4n) is 2.44. The first-order valence-corrected chi connectivity index (χ1v) is 8.06. The second-order valence-corrected chi connectivity index (χ2v) is 5.52. The first-order valence-electron chi connectivity index (χ1n) is 8.06. The summed E-state index contributed by atoms with van der Waals surface area (Å²) in [6, 6.07) is 7.09. The molecule has 0 spiro atoms. The minimum Gasteiger partial charge on any atom is -0.492 e. The van der Waals surface area contributed by atoms with Crippen LogP contribution in [0.15, 0.2) is 18.2 Å². The molecule has 1 aromatic carbocycles. The lowest BCUT2D eigenvalue weighted by Gasteiger charge is -2.30. The van der Waals surface area contributed by atoms with Crippen molar-refractivity contribution in [1.29, 1.82) is 0 Å². The Bertz CT molecular complexity index is 431. The maximum absolute atomic E-state index is 5.85. The molecule has 1 fully saturated rings. The van der Waals surface area contributed by atoms with Crippen molar-refractivity contribution in [2.75, 3.05) is 37.8 Å². The fraction of sp³-hybridized carbons (Fsp3) is 0.647. The van der Waals surface area contributed by atoms with Crippen molar-refractivity contribution in [3.63, 3.8) is 0 Å². The van der Waals surface area contributed by atoms with Crippen LogP contribution in [-0.4, -0.2) is 39.0 Å². The minimum atomic E-state index is 0.541. The molecule has 21 heavy (non-hydrogen) atoms. The third-order valence-corrected chi connectivity index (χ3v) is 3.94. The van der Waals surface area contributed by atoms with Gasteiger partial charge in [-0.2, -0.15) is 0 Å². The van der Waals surface area contributed by atoms with E-state index in [1.807, 2.05) is 6.92 Å². The molecule has 4 heteroatoms. The summed E-state index contributed by atoms with van der Waals surface area (Å²) in [6.07, 6.45) is 1.14. The lowest BCUT2D eigenvalue weighted by Crippen LogP contribution is -2.36. The second kappa shape index (κ2) is 8.25. The highest BCUT2D eigenvalue weighted by Gasteiger charge is 2.16. The monoisotopic (exact) mass is 292 g/mol. The van der Waals surface area contributed by atoms with Crippen LogP contribution in [0.3, 0.4) is 0 Å². The number of ether oxygens (including phenoxy) is 2. The molecule has 0 amide bonds. The molecule has 1 N–H and O–H groups in total. The number of hydrogen-bond donors (Lipinski definition) is 1. The maximum Gasteiger partial charge on any atom is 0.142 e. The standard InChI is InChI=1S/C17H28N2O2/c1-4-14(3)18-13-15-6-7-16(17(12-15)21-5-2)19-8-10-20-11-9-19/h6-7,12,14,18H,4-5,8-11,13H2,1-3H3. The lowest BCUT2D eigenvalue weighted by molar-refractivity contribution is 0.122. The molecule has 4 nitrogen and oxygen atoms in total. The lowest BCUT2D eigenvalue weighted by atomic mass is 10.1. The van der Waals surface area contributed by atoms with Gasteiger partial charge in [0, 0.05) is 25.7 Å². The zero-order valence-corrected chi connectivity index (χ0v) is 13.5. The molecular formula is C17H28N2O2. The molecule has 1 atom stereocenters. The zero-order valence-electron chi connectivity index (χ0n) is 13.5. The molecule has 2 rings (SSSR count). The fourth-order valence-corrected chi connectivity index (χ4v) is 2.44. The van der Waals surface area contributed by atoms with Crippen LogP contribution < -0.4 is 15.0 Å². The number of rotatable bonds is 7. The van der Waals surface area contributed by atoms with Crippen molar-refractivity contribution >= 4 is 5.69 Å². The SMILES string of the molecule is CCOc1cc(CNC(C)CC)ccc1N1CCOCC1. The summed E-state index contributed by atoms with van der Waals surface area (Å²) in [6.45, 7) is 11.5. The highest BCUT2D eigenvalue weighted by Crippen LogP contribution is 2.30. The van der Waals surface area contributed by atoms with Gasteiger partial charge in [0.2, 0.25) is 0 Å². The van der Waals surface area contributed by atoms with Crippen LogP contribution >= 0.6 is 0 Å². The van der Waals surface area contributed by atoms with E-state index in [-0.39, 0.29) is 0 Å². The van der Waals surface area contributed by atoms with E-state index < -0.39 is 0 Å². The molecule has 0 saturated carbocycles. The van der Waals surface area contributed by atoms with Crippen molar-refractivity contribution in [2.24, 2.45) is 0 Å². The highest BCUT2D eigenvalue weighted by molar-refractivity contribution is 5.60. The number of benzene rings is 1. The topological polar surface area (TPSA) is 33.7 Å². The van der Waals surface area contributed by atoms with E-state index in [0.29, 0.717) is 12.6 Å². The van der Waals surface area contributed by atoms with Gasteiger partial charge in [-0.15, -0.1) is 0 Å². The number of hydrogen-bond acceptors (Lipinski definition) is 4. The van der Waals surface area contributed by atoms with Gasteiger partial charge in [0.25, 0.3) is 0 Å². The number of nitrogens with one attached hydrogen (secondary N) is 1. The van der Waals surface area contributed by atoms with Gasteiger partial charge in [-0.1, -0.05) is 13.0 Å². The van der Waals surface area contributed by atoms with E-state index in [1.165, 1.54) is 11.3 Å². The van der Waals surface area contributed by atoms with Crippen LogP contribution in [0.2, 0.25) is 0 Å². The zero-order chi connectivity index (χ0) is 15.1. The van der Waals surface area contributed by atoms with E-state index in [9.17, 15) is 0 Å². The predicted octanol–water partition coefficient (Wildman–Crippen LogP) is 2.81. The summed E-state index contributed by atoms with van der Waals surface area (Å²) in [5, 5.41) is 3.53. The van der Waals surface area contributed by atoms with Gasteiger partial charge >= 0.3 is 0 Å². The van der Waals surface area contributed by atoms with Crippen LogP contribution in [0.1, 0.15) is 32.8 Å². The average molecular weight is 292 g/mol. The first-order chi connectivity index (χ1) is 10.2. The number of anilines is 1. The van der Waals surface area contributed by atoms with Gasteiger partial charge in [0.15, 0.2) is 0 Å². The van der Waals surface area contributed by atoms with Gasteiger partial charge in [0.05, 0.1) is 25.5 Å². The van der Waals surface area contributed by atoms with E-state index in [2.05, 4.69) is 42.3 Å². The summed E-state index contributed by atoms with van der Waals surface area (Å²) >= 11 is 0. The minimum absolute atomic E-state index is 0.541. The largest absolute Gasteiger partial charge is 0.492 e. The summed E-state index contributed by atoms with van der Waals surface area (Å²) < 4.78 is 11.3. The molecule has 1 unspecified atom stereocenters. The molecular weight excluding hydrogens is 264 g/mol. The molecule has 1 aliphatic heterocycles. The Labute approximate surface area is 128 Å². The smallest absolute Gasteiger partial charge is 0.142 e. The van der Waals surface area contributed by atoms with Crippen LogP contribution in [0, 0.1) is 0 Å². The van der Waals surface area contributed by atoms with E-state index >= 15 is 0 Å². The van der Waals surface area contributed by atoms with E-state index in [4.69, 9.17) is 9.47 Å². The predicted molar refractivity (Wildman–Crippen MR) is 87.2 cm³/mol. The Kier molecular flexibility index (Phi) is 6.33. The van der Waals surface area contributed by atoms with Crippen molar-refractivity contribution < 1.29 is 9.47 Å². The molecule has 1 heterocycles. The third kappa shape index (κ3) is 4.61. The van der Waals surface area contributed by atoms with E-state index in [0.717, 1.165) is 45.0 Å². The second-order valence-electron chi connectivity index (χ2n) is 5.52. The maximum atomic E-state index is 5.85. The first kappa shape index (κ1) is 16.1. The molecule has 0 aromatic heterocycles. The summed E-state index contributed by atoms with van der Waals surface area (Å²) in [7, 11) is 0. The Morgan fingerprint density at radius 2 is 2.05 bits per heavy atom. The Morgan fingerprint density at radius 3 is 2.71 bits per heavy atom. The van der Waals surface area contributed by atoms with Crippen molar-refractivity contribution in [3.05, 3.63) is 23.8 Å². The van der Waals surface area contributed by atoms with Crippen molar-refractivity contribution in [3.8, 4) is 5.75 Å². The normalized spacial score (nSPS) is 16.8. The molecule has 1 saturated heterocycles. The summed E-state index contributed by atoms with van der Waals surface area (Å²) in [5.41, 5.74) is 2.46. The molecule has 1 aliphatic rings. The Hall–Kier alpha value is -1.26. The summed E-state index contributed by atoms with van der Waals surface area (Å²) in [5.74, 6) is 0.989. The Balaban J connectivity index is 2.10. The van der Waals surface area contributed by atoms with Crippen molar-refractivity contribution in [2.45, 2.75) is 39.8 Å². The third-order valence-electron chi connectivity index (χ3n) is 3.94. The van der Waals surface area contributed by atoms with Crippen LogP contribution in [0.25, 0.3) is 0 Å². The van der Waals surface area contributed by atoms with Crippen LogP contribution in [0.4, 0.5) is 5.69 Å². The molecule has 0 radical (unpaired) electrons. The summed E-state index contributed by atoms with van der Waals surface area (Å²) in [4.78, 5) is 2.35. The van der Waals surface area contributed by atoms with Gasteiger partial charge in [-0.25, -0.2) is 0 Å². The molecule has 0 aliphatic carbocycles. The molecule has 0 bridgehead atoms. The van der Waals surface area contributed by atoms with Crippen LogP contribution in [0.5, 0.6) is 5.75 Å². The molecule has 118 valence electrons. The quantitative estimate of drug-likeness (QED) is 0.838. The highest BCUT2D eigenvalue weighted by atomic mass is 16.5. The van der Waals surface area contributed by atoms with Crippen LogP contribution in [-0.2, 0) is 11.3 Å². The van der Waals surface area contributed by atoms with E-state index in [1.54, 1.807) is 0 Å². The Morgan fingerprint density at radius 1 is 1.29 bits per heavy atom. The van der Waals surface area contributed by atoms with Gasteiger partial charge in [-0.05, 0) is 38.0 Å². The van der Waals surface area contributed by atoms with Gasteiger partial charge < -0.3 is 19.7 Å². The van der Waals surface area contributed by atoms with Gasteiger partial charge in [0.1, 0.15) is 5.75 Å².